The van der Waals surface area contributed by atoms with Crippen molar-refractivity contribution < 1.29 is 40.3 Å². The van der Waals surface area contributed by atoms with E-state index in [9.17, 15) is 26.4 Å². The van der Waals surface area contributed by atoms with Crippen molar-refractivity contribution in [2.45, 2.75) is 61.2 Å². The van der Waals surface area contributed by atoms with E-state index in [0.717, 1.165) is 56.5 Å². The summed E-state index contributed by atoms with van der Waals surface area (Å²) in [5.41, 5.74) is -0.0999. The van der Waals surface area contributed by atoms with Gasteiger partial charge in [-0.25, -0.2) is 14.4 Å². The summed E-state index contributed by atoms with van der Waals surface area (Å²) < 4.78 is 88.3. The number of anilines is 1. The van der Waals surface area contributed by atoms with Crippen LogP contribution in [0.5, 0.6) is 5.75 Å². The van der Waals surface area contributed by atoms with Gasteiger partial charge >= 0.3 is 12.6 Å². The maximum absolute atomic E-state index is 15.4. The lowest BCUT2D eigenvalue weighted by Crippen LogP contribution is -2.48. The molecule has 43 heavy (non-hydrogen) atoms. The quantitative estimate of drug-likeness (QED) is 0.165. The third kappa shape index (κ3) is 6.70. The number of rotatable bonds is 9. The molecule has 9 nitrogen and oxygen atoms in total. The number of halogens is 5. The first-order chi connectivity index (χ1) is 20.5. The van der Waals surface area contributed by atoms with Crippen molar-refractivity contribution in [2.75, 3.05) is 17.6 Å². The number of hydrogen-bond donors (Lipinski definition) is 0. The van der Waals surface area contributed by atoms with Gasteiger partial charge < -0.3 is 9.57 Å². The third-order valence-electron chi connectivity index (χ3n) is 7.70. The number of sulfonamides is 1. The molecule has 1 saturated heterocycles. The Hall–Kier alpha value is -3.49. The molecule has 0 N–H and O–H groups in total. The first kappa shape index (κ1) is 31.0. The molecule has 0 amide bonds. The standard InChI is InChI=1S/C28H27ClF4N4O5S/c29-21-14-26(43(39,40)37(41-17-38)27-8-9-34-16-35-27)22(30)15-25(21)42-24-7-6-19(13-23(24)36-10-1-2-11-36)18-4-3-5-20(12-18)28(31,32)33/h3-5,8-9,12,14-17,19,23-24H,1-2,6-7,10-11,13H2/t19-,23-,24-/m0/s1. The van der Waals surface area contributed by atoms with Gasteiger partial charge in [-0.2, -0.15) is 21.6 Å². The van der Waals surface area contributed by atoms with E-state index in [4.69, 9.17) is 16.3 Å². The maximum atomic E-state index is 15.4. The number of alkyl halides is 3. The van der Waals surface area contributed by atoms with Crippen molar-refractivity contribution >= 4 is 33.9 Å². The van der Waals surface area contributed by atoms with Gasteiger partial charge in [0.1, 0.15) is 28.9 Å². The highest BCUT2D eigenvalue weighted by Gasteiger charge is 2.39. The lowest BCUT2D eigenvalue weighted by atomic mass is 9.79. The van der Waals surface area contributed by atoms with E-state index in [1.807, 2.05) is 0 Å². The van der Waals surface area contributed by atoms with Gasteiger partial charge in [0.15, 0.2) is 5.82 Å². The summed E-state index contributed by atoms with van der Waals surface area (Å²) in [4.78, 5) is 24.4. The van der Waals surface area contributed by atoms with Gasteiger partial charge in [-0.3, -0.25) is 9.69 Å². The van der Waals surface area contributed by atoms with Crippen molar-refractivity contribution in [3.05, 3.63) is 77.0 Å². The van der Waals surface area contributed by atoms with Crippen LogP contribution in [-0.4, -0.2) is 55.0 Å². The van der Waals surface area contributed by atoms with Gasteiger partial charge in [-0.05, 0) is 68.8 Å². The van der Waals surface area contributed by atoms with Crippen LogP contribution in [0, 0.1) is 5.82 Å². The molecule has 15 heteroatoms. The molecule has 2 fully saturated rings. The lowest BCUT2D eigenvalue weighted by molar-refractivity contribution is -0.137. The number of benzene rings is 2. The van der Waals surface area contributed by atoms with E-state index >= 15 is 4.39 Å². The molecule has 3 aromatic rings. The highest BCUT2D eigenvalue weighted by Crippen LogP contribution is 2.41. The molecular formula is C28H27ClF4N4O5S. The normalized spacial score (nSPS) is 21.4. The SMILES string of the molecule is O=CON(c1ccncn1)S(=O)(=O)c1cc(Cl)c(O[C@H]2CC[C@H](c3cccc(C(F)(F)F)c3)C[C@@H]2N2CCCC2)cc1F. The Bertz CT molecular complexity index is 1560. The molecule has 0 radical (unpaired) electrons. The van der Waals surface area contributed by atoms with Gasteiger partial charge in [0, 0.05) is 24.4 Å². The molecule has 1 aromatic heterocycles. The molecule has 0 spiro atoms. The zero-order chi connectivity index (χ0) is 30.8. The summed E-state index contributed by atoms with van der Waals surface area (Å²) in [7, 11) is -4.81. The largest absolute Gasteiger partial charge is 0.487 e. The lowest BCUT2D eigenvalue weighted by Gasteiger charge is -2.41. The van der Waals surface area contributed by atoms with E-state index < -0.39 is 38.6 Å². The van der Waals surface area contributed by atoms with Crippen LogP contribution >= 0.6 is 11.6 Å². The van der Waals surface area contributed by atoms with E-state index in [1.54, 1.807) is 6.07 Å². The van der Waals surface area contributed by atoms with Crippen LogP contribution in [0.15, 0.2) is 59.9 Å². The minimum absolute atomic E-state index is 0.0882. The second kappa shape index (κ2) is 12.6. The van der Waals surface area contributed by atoms with Gasteiger partial charge in [-0.15, -0.1) is 0 Å². The average molecular weight is 643 g/mol. The first-order valence-corrected chi connectivity index (χ1v) is 15.3. The summed E-state index contributed by atoms with van der Waals surface area (Å²) >= 11 is 6.42. The van der Waals surface area contributed by atoms with Crippen molar-refractivity contribution in [1.29, 1.82) is 0 Å². The van der Waals surface area contributed by atoms with Gasteiger partial charge in [0.2, 0.25) is 0 Å². The number of aromatic nitrogens is 2. The summed E-state index contributed by atoms with van der Waals surface area (Å²) in [6.45, 7) is 1.42. The molecule has 2 aliphatic rings. The summed E-state index contributed by atoms with van der Waals surface area (Å²) in [5.74, 6) is -1.78. The Morgan fingerprint density at radius 1 is 1.09 bits per heavy atom. The molecule has 230 valence electrons. The third-order valence-corrected chi connectivity index (χ3v) is 9.58. The molecule has 0 unspecified atom stereocenters. The number of ether oxygens (including phenoxy) is 1. The zero-order valence-corrected chi connectivity index (χ0v) is 24.2. The van der Waals surface area contributed by atoms with Crippen molar-refractivity contribution in [2.24, 2.45) is 0 Å². The zero-order valence-electron chi connectivity index (χ0n) is 22.6. The fourth-order valence-electron chi connectivity index (χ4n) is 5.70. The average Bonchev–Trinajstić information content (AvgIpc) is 3.53. The van der Waals surface area contributed by atoms with E-state index in [2.05, 4.69) is 19.7 Å². The highest BCUT2D eigenvalue weighted by molar-refractivity contribution is 7.92. The second-order valence-electron chi connectivity index (χ2n) is 10.3. The minimum atomic E-state index is -4.81. The summed E-state index contributed by atoms with van der Waals surface area (Å²) in [6, 6.07) is 8.03. The predicted molar refractivity (Wildman–Crippen MR) is 147 cm³/mol. The number of carbonyl (C=O) groups is 1. The van der Waals surface area contributed by atoms with Crippen molar-refractivity contribution in [3.8, 4) is 5.75 Å². The van der Waals surface area contributed by atoms with Crippen LogP contribution in [-0.2, 0) is 25.8 Å². The van der Waals surface area contributed by atoms with Crippen LogP contribution in [0.2, 0.25) is 5.02 Å². The van der Waals surface area contributed by atoms with E-state index in [1.165, 1.54) is 18.3 Å². The number of carbonyl (C=O) groups excluding carboxylic acids is 1. The Balaban J connectivity index is 1.40. The van der Waals surface area contributed by atoms with Crippen LogP contribution in [0.4, 0.5) is 23.4 Å². The number of likely N-dealkylation sites (tertiary alicyclic amines) is 1. The molecular weight excluding hydrogens is 616 g/mol. The topological polar surface area (TPSA) is 102 Å². The fraction of sp³-hybridized carbons (Fsp3) is 0.393. The van der Waals surface area contributed by atoms with E-state index in [-0.39, 0.29) is 39.5 Å². The Labute approximate surface area is 250 Å². The Morgan fingerprint density at radius 2 is 1.86 bits per heavy atom. The number of hydrogen-bond acceptors (Lipinski definition) is 8. The van der Waals surface area contributed by atoms with E-state index in [0.29, 0.717) is 24.8 Å². The number of nitrogens with zero attached hydrogens (tertiary/aromatic N) is 4. The molecule has 2 heterocycles. The molecule has 5 rings (SSSR count). The predicted octanol–water partition coefficient (Wildman–Crippen LogP) is 5.75. The second-order valence-corrected chi connectivity index (χ2v) is 12.4. The highest BCUT2D eigenvalue weighted by atomic mass is 35.5. The summed E-state index contributed by atoms with van der Waals surface area (Å²) in [5, 5.41) is -0.200. The van der Waals surface area contributed by atoms with Crippen LogP contribution in [0.25, 0.3) is 0 Å². The molecule has 0 bridgehead atoms. The smallest absolute Gasteiger partial charge is 0.416 e. The van der Waals surface area contributed by atoms with Gasteiger partial charge in [0.05, 0.1) is 10.6 Å². The monoisotopic (exact) mass is 642 g/mol. The first-order valence-electron chi connectivity index (χ1n) is 13.5. The Kier molecular flexibility index (Phi) is 9.09. The van der Waals surface area contributed by atoms with Crippen LogP contribution in [0.3, 0.4) is 0 Å². The van der Waals surface area contributed by atoms with Gasteiger partial charge in [-0.1, -0.05) is 34.3 Å². The molecule has 1 aliphatic heterocycles. The minimum Gasteiger partial charge on any atom is -0.487 e. The summed E-state index contributed by atoms with van der Waals surface area (Å²) in [6.07, 6.45) is 0.731. The van der Waals surface area contributed by atoms with Crippen molar-refractivity contribution in [1.82, 2.24) is 14.9 Å². The molecule has 2 aromatic carbocycles. The molecule has 1 aliphatic carbocycles. The Morgan fingerprint density at radius 3 is 2.53 bits per heavy atom. The van der Waals surface area contributed by atoms with Crippen LogP contribution < -0.4 is 9.21 Å². The molecule has 3 atom stereocenters. The molecule has 1 saturated carbocycles. The van der Waals surface area contributed by atoms with Crippen LogP contribution in [0.1, 0.15) is 49.1 Å². The fourth-order valence-corrected chi connectivity index (χ4v) is 7.23. The van der Waals surface area contributed by atoms with Crippen molar-refractivity contribution in [3.63, 3.8) is 0 Å². The van der Waals surface area contributed by atoms with Gasteiger partial charge in [0.25, 0.3) is 10.0 Å². The maximum Gasteiger partial charge on any atom is 0.416 e.